The Hall–Kier alpha value is -4.26. The molecule has 0 bridgehead atoms. The number of carbonyl (C=O) groups excluding carboxylic acids is 2. The summed E-state index contributed by atoms with van der Waals surface area (Å²) in [6.45, 7) is 0.104. The van der Waals surface area contributed by atoms with Crippen LogP contribution in [0.5, 0.6) is 5.75 Å². The van der Waals surface area contributed by atoms with Gasteiger partial charge >= 0.3 is 0 Å². The molecule has 0 atom stereocenters. The van der Waals surface area contributed by atoms with Gasteiger partial charge in [0.05, 0.1) is 13.7 Å². The van der Waals surface area contributed by atoms with Gasteiger partial charge in [0.25, 0.3) is 5.56 Å². The minimum atomic E-state index is -0.424. The Kier molecular flexibility index (Phi) is 7.06. The van der Waals surface area contributed by atoms with Crippen molar-refractivity contribution in [3.05, 3.63) is 100 Å². The molecule has 0 saturated carbocycles. The Balaban J connectivity index is 1.61. The molecular formula is C28H25FN2O4. The van der Waals surface area contributed by atoms with E-state index in [-0.39, 0.29) is 36.6 Å². The first-order valence-electron chi connectivity index (χ1n) is 11.2. The fraction of sp³-hybridized carbons (Fsp3) is 0.179. The van der Waals surface area contributed by atoms with Crippen LogP contribution in [0.4, 0.5) is 4.39 Å². The first-order chi connectivity index (χ1) is 16.9. The number of rotatable bonds is 8. The van der Waals surface area contributed by atoms with Gasteiger partial charge in [-0.2, -0.15) is 0 Å². The second-order valence-electron chi connectivity index (χ2n) is 8.17. The smallest absolute Gasteiger partial charge is 0.258 e. The van der Waals surface area contributed by atoms with Gasteiger partial charge in [-0.3, -0.25) is 14.4 Å². The molecule has 4 aromatic rings. The number of hydrogen-bond acceptors (Lipinski definition) is 4. The summed E-state index contributed by atoms with van der Waals surface area (Å²) in [7, 11) is 3.25. The first-order valence-corrected chi connectivity index (χ1v) is 11.2. The lowest BCUT2D eigenvalue weighted by Crippen LogP contribution is -2.29. The van der Waals surface area contributed by atoms with Crippen LogP contribution in [-0.2, 0) is 18.4 Å². The van der Waals surface area contributed by atoms with E-state index in [1.165, 1.54) is 24.3 Å². The van der Waals surface area contributed by atoms with E-state index in [2.05, 4.69) is 5.32 Å². The monoisotopic (exact) mass is 472 g/mol. The summed E-state index contributed by atoms with van der Waals surface area (Å²) in [5.74, 6) is -0.364. The first kappa shape index (κ1) is 23.9. The van der Waals surface area contributed by atoms with Crippen LogP contribution in [0.3, 0.4) is 0 Å². The fourth-order valence-electron chi connectivity index (χ4n) is 4.08. The third-order valence-electron chi connectivity index (χ3n) is 5.99. The molecule has 0 saturated heterocycles. The van der Waals surface area contributed by atoms with E-state index in [1.807, 2.05) is 36.4 Å². The van der Waals surface area contributed by atoms with Gasteiger partial charge in [-0.05, 0) is 48.0 Å². The van der Waals surface area contributed by atoms with Crippen molar-refractivity contribution in [1.82, 2.24) is 9.88 Å². The standard InChI is InChI=1S/C28H25FN2O4/c1-31-24(17-30-26(33)15-14-25(32)18-8-10-20(29)11-9-18)27(19-6-4-3-5-7-19)23-16-21(35-2)12-13-22(23)28(31)34/h3-13,16H,14-15,17H2,1-2H3,(H,30,33). The third-order valence-corrected chi connectivity index (χ3v) is 5.99. The Bertz CT molecular complexity index is 1440. The Morgan fingerprint density at radius 2 is 1.66 bits per heavy atom. The number of fused-ring (bicyclic) bond motifs is 1. The average molecular weight is 473 g/mol. The molecule has 7 heteroatoms. The minimum absolute atomic E-state index is 0.00312. The lowest BCUT2D eigenvalue weighted by Gasteiger charge is -2.18. The number of ketones is 1. The van der Waals surface area contributed by atoms with Crippen molar-refractivity contribution in [1.29, 1.82) is 0 Å². The molecule has 0 unspecified atom stereocenters. The van der Waals surface area contributed by atoms with Gasteiger partial charge in [-0.1, -0.05) is 30.3 Å². The number of nitrogens with zero attached hydrogens (tertiary/aromatic N) is 1. The summed E-state index contributed by atoms with van der Waals surface area (Å²) < 4.78 is 20.0. The molecule has 4 rings (SSSR count). The van der Waals surface area contributed by atoms with Gasteiger partial charge in [-0.25, -0.2) is 4.39 Å². The van der Waals surface area contributed by atoms with E-state index in [1.54, 1.807) is 30.9 Å². The molecule has 0 fully saturated rings. The summed E-state index contributed by atoms with van der Waals surface area (Å²) in [5.41, 5.74) is 2.54. The molecule has 6 nitrogen and oxygen atoms in total. The molecule has 0 aliphatic rings. The van der Waals surface area contributed by atoms with Gasteiger partial charge in [-0.15, -0.1) is 0 Å². The van der Waals surface area contributed by atoms with E-state index in [9.17, 15) is 18.8 Å². The molecule has 0 spiro atoms. The Morgan fingerprint density at radius 3 is 2.34 bits per heavy atom. The van der Waals surface area contributed by atoms with E-state index in [4.69, 9.17) is 4.74 Å². The van der Waals surface area contributed by atoms with Gasteiger partial charge in [0.2, 0.25) is 5.91 Å². The lowest BCUT2D eigenvalue weighted by atomic mass is 9.96. The number of nitrogens with one attached hydrogen (secondary N) is 1. The zero-order valence-corrected chi connectivity index (χ0v) is 19.5. The number of pyridine rings is 1. The van der Waals surface area contributed by atoms with Crippen molar-refractivity contribution < 1.29 is 18.7 Å². The Labute approximate surface area is 202 Å². The number of halogens is 1. The maximum absolute atomic E-state index is 13.1. The highest BCUT2D eigenvalue weighted by Crippen LogP contribution is 2.32. The summed E-state index contributed by atoms with van der Waals surface area (Å²) >= 11 is 0. The molecule has 1 amide bonds. The number of methoxy groups -OCH3 is 1. The van der Waals surface area contributed by atoms with Gasteiger partial charge in [0.15, 0.2) is 5.78 Å². The SMILES string of the molecule is COc1ccc2c(=O)n(C)c(CNC(=O)CCC(=O)c3ccc(F)cc3)c(-c3ccccc3)c2c1. The van der Waals surface area contributed by atoms with E-state index in [0.29, 0.717) is 22.4 Å². The predicted molar refractivity (Wildman–Crippen MR) is 133 cm³/mol. The highest BCUT2D eigenvalue weighted by atomic mass is 19.1. The van der Waals surface area contributed by atoms with Crippen molar-refractivity contribution in [2.75, 3.05) is 7.11 Å². The summed E-state index contributed by atoms with van der Waals surface area (Å²) in [6, 6.07) is 20.2. The summed E-state index contributed by atoms with van der Waals surface area (Å²) in [5, 5.41) is 4.12. The molecule has 3 aromatic carbocycles. The second kappa shape index (κ2) is 10.3. The number of Topliss-reactive ketones (excluding diaryl/α,β-unsaturated/α-hetero) is 1. The van der Waals surface area contributed by atoms with Crippen molar-refractivity contribution in [3.63, 3.8) is 0 Å². The molecule has 0 aliphatic carbocycles. The molecule has 0 radical (unpaired) electrons. The zero-order valence-electron chi connectivity index (χ0n) is 19.5. The maximum Gasteiger partial charge on any atom is 0.258 e. The topological polar surface area (TPSA) is 77.4 Å². The normalized spacial score (nSPS) is 10.8. The third kappa shape index (κ3) is 5.14. The minimum Gasteiger partial charge on any atom is -0.497 e. The van der Waals surface area contributed by atoms with Crippen molar-refractivity contribution >= 4 is 22.5 Å². The lowest BCUT2D eigenvalue weighted by molar-refractivity contribution is -0.121. The highest BCUT2D eigenvalue weighted by molar-refractivity contribution is 5.99. The number of benzene rings is 3. The van der Waals surface area contributed by atoms with Gasteiger partial charge in [0, 0.05) is 47.5 Å². The molecule has 1 aromatic heterocycles. The number of aromatic nitrogens is 1. The number of amides is 1. The second-order valence-corrected chi connectivity index (χ2v) is 8.17. The van der Waals surface area contributed by atoms with Crippen LogP contribution in [0.15, 0.2) is 77.6 Å². The zero-order chi connectivity index (χ0) is 24.9. The highest BCUT2D eigenvalue weighted by Gasteiger charge is 2.18. The van der Waals surface area contributed by atoms with Crippen molar-refractivity contribution in [2.24, 2.45) is 7.05 Å². The van der Waals surface area contributed by atoms with Crippen LogP contribution < -0.4 is 15.6 Å². The molecule has 35 heavy (non-hydrogen) atoms. The molecule has 1 N–H and O–H groups in total. The summed E-state index contributed by atoms with van der Waals surface area (Å²) in [6.07, 6.45) is -0.0247. The van der Waals surface area contributed by atoms with Crippen LogP contribution in [0.2, 0.25) is 0 Å². The van der Waals surface area contributed by atoms with E-state index in [0.717, 1.165) is 16.5 Å². The molecule has 178 valence electrons. The molecule has 0 aliphatic heterocycles. The number of carbonyl (C=O) groups is 2. The fourth-order valence-corrected chi connectivity index (χ4v) is 4.08. The Morgan fingerprint density at radius 1 is 0.943 bits per heavy atom. The predicted octanol–water partition coefficient (Wildman–Crippen LogP) is 4.63. The quantitative estimate of drug-likeness (QED) is 0.379. The van der Waals surface area contributed by atoms with E-state index < -0.39 is 5.82 Å². The van der Waals surface area contributed by atoms with Crippen LogP contribution in [0.1, 0.15) is 28.9 Å². The van der Waals surface area contributed by atoms with Crippen LogP contribution in [0, 0.1) is 5.82 Å². The number of ether oxygens (including phenoxy) is 1. The average Bonchev–Trinajstić information content (AvgIpc) is 2.89. The van der Waals surface area contributed by atoms with E-state index >= 15 is 0 Å². The maximum atomic E-state index is 13.1. The van der Waals surface area contributed by atoms with Crippen molar-refractivity contribution in [2.45, 2.75) is 19.4 Å². The molecule has 1 heterocycles. The summed E-state index contributed by atoms with van der Waals surface area (Å²) in [4.78, 5) is 38.0. The van der Waals surface area contributed by atoms with Gasteiger partial charge in [0.1, 0.15) is 11.6 Å². The molecular weight excluding hydrogens is 447 g/mol. The largest absolute Gasteiger partial charge is 0.497 e. The van der Waals surface area contributed by atoms with Crippen molar-refractivity contribution in [3.8, 4) is 16.9 Å². The van der Waals surface area contributed by atoms with Crippen LogP contribution in [0.25, 0.3) is 21.9 Å². The van der Waals surface area contributed by atoms with Gasteiger partial charge < -0.3 is 14.6 Å². The number of hydrogen-bond donors (Lipinski definition) is 1. The van der Waals surface area contributed by atoms with Crippen LogP contribution in [-0.4, -0.2) is 23.4 Å². The van der Waals surface area contributed by atoms with Crippen LogP contribution >= 0.6 is 0 Å².